The van der Waals surface area contributed by atoms with Crippen molar-refractivity contribution >= 4 is 5.91 Å². The van der Waals surface area contributed by atoms with E-state index in [0.29, 0.717) is 12.3 Å². The van der Waals surface area contributed by atoms with Gasteiger partial charge in [-0.2, -0.15) is 0 Å². The Labute approximate surface area is 97.8 Å². The number of rotatable bonds is 6. The highest BCUT2D eigenvalue weighted by atomic mass is 16.3. The summed E-state index contributed by atoms with van der Waals surface area (Å²) < 4.78 is 0. The van der Waals surface area contributed by atoms with Gasteiger partial charge in [0.2, 0.25) is 5.91 Å². The van der Waals surface area contributed by atoms with E-state index in [1.165, 1.54) is 0 Å². The molecule has 0 aromatic carbocycles. The number of carbonyl (C=O) groups is 1. The molecule has 90 valence electrons. The van der Waals surface area contributed by atoms with Crippen LogP contribution in [0.4, 0.5) is 0 Å². The number of carbonyl (C=O) groups excluding carboxylic acids is 1. The van der Waals surface area contributed by atoms with Crippen molar-refractivity contribution < 1.29 is 9.90 Å². The van der Waals surface area contributed by atoms with Crippen LogP contribution >= 0.6 is 0 Å². The van der Waals surface area contributed by atoms with Crippen molar-refractivity contribution in [3.63, 3.8) is 0 Å². The molecule has 0 spiro atoms. The Morgan fingerprint density at radius 1 is 1.50 bits per heavy atom. The molecule has 1 aliphatic rings. The van der Waals surface area contributed by atoms with E-state index in [-0.39, 0.29) is 12.5 Å². The molecule has 1 N–H and O–H groups in total. The number of hydrogen-bond donors (Lipinski definition) is 1. The van der Waals surface area contributed by atoms with Crippen LogP contribution in [0, 0.1) is 18.3 Å². The van der Waals surface area contributed by atoms with Crippen LogP contribution in [0.5, 0.6) is 0 Å². The molecule has 1 rings (SSSR count). The van der Waals surface area contributed by atoms with Gasteiger partial charge in [-0.15, -0.1) is 12.3 Å². The average Bonchev–Trinajstić information content (AvgIpc) is 2.73. The first-order valence-corrected chi connectivity index (χ1v) is 6.10. The molecule has 0 radical (unpaired) electrons. The van der Waals surface area contributed by atoms with Crippen molar-refractivity contribution in [2.24, 2.45) is 5.92 Å². The number of aliphatic hydroxyl groups excluding tert-OH is 1. The molecule has 1 amide bonds. The van der Waals surface area contributed by atoms with Crippen molar-refractivity contribution in [1.82, 2.24) is 4.90 Å². The van der Waals surface area contributed by atoms with Crippen molar-refractivity contribution in [3.05, 3.63) is 0 Å². The maximum atomic E-state index is 11.8. The summed E-state index contributed by atoms with van der Waals surface area (Å²) in [5.41, 5.74) is 0. The summed E-state index contributed by atoms with van der Waals surface area (Å²) in [5, 5.41) is 8.83. The first kappa shape index (κ1) is 13.1. The fourth-order valence-corrected chi connectivity index (χ4v) is 2.14. The first-order chi connectivity index (χ1) is 7.77. The third kappa shape index (κ3) is 4.24. The highest BCUT2D eigenvalue weighted by Crippen LogP contribution is 2.20. The van der Waals surface area contributed by atoms with Gasteiger partial charge in [0.15, 0.2) is 0 Å². The normalized spacial score (nSPS) is 19.8. The molecule has 0 aromatic rings. The number of amides is 1. The van der Waals surface area contributed by atoms with Crippen LogP contribution in [0.1, 0.15) is 38.5 Å². The van der Waals surface area contributed by atoms with E-state index < -0.39 is 0 Å². The first-order valence-electron chi connectivity index (χ1n) is 6.10. The lowest BCUT2D eigenvalue weighted by molar-refractivity contribution is -0.130. The minimum absolute atomic E-state index is 0.231. The molecule has 16 heavy (non-hydrogen) atoms. The molecular formula is C13H21NO2. The van der Waals surface area contributed by atoms with Crippen LogP contribution in [-0.2, 0) is 4.79 Å². The number of likely N-dealkylation sites (tertiary alicyclic amines) is 1. The predicted molar refractivity (Wildman–Crippen MR) is 63.7 cm³/mol. The van der Waals surface area contributed by atoms with E-state index in [2.05, 4.69) is 5.92 Å². The van der Waals surface area contributed by atoms with Gasteiger partial charge in [0.25, 0.3) is 0 Å². The SMILES string of the molecule is C#CCCCCC(=O)N1CCC(CCO)C1. The second-order valence-corrected chi connectivity index (χ2v) is 4.42. The highest BCUT2D eigenvalue weighted by Gasteiger charge is 2.24. The molecule has 0 aliphatic carbocycles. The fraction of sp³-hybridized carbons (Fsp3) is 0.769. The standard InChI is InChI=1S/C13H21NO2/c1-2-3-4-5-6-13(16)14-9-7-12(11-14)8-10-15/h1,12,15H,3-11H2. The van der Waals surface area contributed by atoms with E-state index in [0.717, 1.165) is 45.2 Å². The molecule has 1 atom stereocenters. The minimum atomic E-state index is 0.231. The number of unbranched alkanes of at least 4 members (excludes halogenated alkanes) is 2. The molecule has 0 aromatic heterocycles. The lowest BCUT2D eigenvalue weighted by atomic mass is 10.1. The third-order valence-electron chi connectivity index (χ3n) is 3.14. The van der Waals surface area contributed by atoms with Crippen LogP contribution in [0.3, 0.4) is 0 Å². The van der Waals surface area contributed by atoms with Gasteiger partial charge in [-0.25, -0.2) is 0 Å². The number of hydrogen-bond acceptors (Lipinski definition) is 2. The van der Waals surface area contributed by atoms with Gasteiger partial charge in [-0.3, -0.25) is 4.79 Å². The molecule has 3 heteroatoms. The molecular weight excluding hydrogens is 202 g/mol. The molecule has 0 saturated carbocycles. The maximum Gasteiger partial charge on any atom is 0.222 e. The van der Waals surface area contributed by atoms with Crippen molar-refractivity contribution in [1.29, 1.82) is 0 Å². The average molecular weight is 223 g/mol. The summed E-state index contributed by atoms with van der Waals surface area (Å²) in [4.78, 5) is 13.7. The Morgan fingerprint density at radius 2 is 2.31 bits per heavy atom. The topological polar surface area (TPSA) is 40.5 Å². The summed E-state index contributed by atoms with van der Waals surface area (Å²) in [7, 11) is 0. The number of terminal acetylenes is 1. The van der Waals surface area contributed by atoms with E-state index in [4.69, 9.17) is 11.5 Å². The van der Waals surface area contributed by atoms with Gasteiger partial charge < -0.3 is 10.0 Å². The van der Waals surface area contributed by atoms with E-state index >= 15 is 0 Å². The Bertz CT molecular complexity index is 257. The van der Waals surface area contributed by atoms with Crippen LogP contribution in [0.15, 0.2) is 0 Å². The zero-order chi connectivity index (χ0) is 11.8. The smallest absolute Gasteiger partial charge is 0.222 e. The zero-order valence-electron chi connectivity index (χ0n) is 9.82. The summed E-state index contributed by atoms with van der Waals surface area (Å²) in [6, 6.07) is 0. The highest BCUT2D eigenvalue weighted by molar-refractivity contribution is 5.76. The fourth-order valence-electron chi connectivity index (χ4n) is 2.14. The van der Waals surface area contributed by atoms with Crippen LogP contribution < -0.4 is 0 Å². The summed E-state index contributed by atoms with van der Waals surface area (Å²) >= 11 is 0. The molecule has 0 bridgehead atoms. The van der Waals surface area contributed by atoms with E-state index in [1.807, 2.05) is 4.90 Å². The Balaban J connectivity index is 2.16. The maximum absolute atomic E-state index is 11.8. The minimum Gasteiger partial charge on any atom is -0.396 e. The lowest BCUT2D eigenvalue weighted by Gasteiger charge is -2.16. The largest absolute Gasteiger partial charge is 0.396 e. The van der Waals surface area contributed by atoms with Gasteiger partial charge in [0.05, 0.1) is 0 Å². The van der Waals surface area contributed by atoms with Gasteiger partial charge in [0, 0.05) is 32.5 Å². The summed E-state index contributed by atoms with van der Waals surface area (Å²) in [6.07, 6.45) is 10.2. The Morgan fingerprint density at radius 3 is 3.00 bits per heavy atom. The van der Waals surface area contributed by atoms with Gasteiger partial charge in [-0.1, -0.05) is 0 Å². The molecule has 1 saturated heterocycles. The molecule has 3 nitrogen and oxygen atoms in total. The lowest BCUT2D eigenvalue weighted by Crippen LogP contribution is -2.28. The monoisotopic (exact) mass is 223 g/mol. The van der Waals surface area contributed by atoms with E-state index in [1.54, 1.807) is 0 Å². The number of aliphatic hydroxyl groups is 1. The Hall–Kier alpha value is -1.01. The predicted octanol–water partition coefficient (Wildman–Crippen LogP) is 1.41. The summed E-state index contributed by atoms with van der Waals surface area (Å²) in [5.74, 6) is 3.33. The van der Waals surface area contributed by atoms with Crippen molar-refractivity contribution in [3.8, 4) is 12.3 Å². The quantitative estimate of drug-likeness (QED) is 0.546. The van der Waals surface area contributed by atoms with Gasteiger partial charge in [-0.05, 0) is 31.6 Å². The van der Waals surface area contributed by atoms with E-state index in [9.17, 15) is 4.79 Å². The van der Waals surface area contributed by atoms with Crippen LogP contribution in [-0.4, -0.2) is 35.6 Å². The second-order valence-electron chi connectivity index (χ2n) is 4.42. The van der Waals surface area contributed by atoms with Gasteiger partial charge >= 0.3 is 0 Å². The van der Waals surface area contributed by atoms with Gasteiger partial charge in [0.1, 0.15) is 0 Å². The zero-order valence-corrected chi connectivity index (χ0v) is 9.82. The van der Waals surface area contributed by atoms with Crippen LogP contribution in [0.25, 0.3) is 0 Å². The Kier molecular flexibility index (Phi) is 5.95. The van der Waals surface area contributed by atoms with Crippen LogP contribution in [0.2, 0.25) is 0 Å². The molecule has 1 aliphatic heterocycles. The molecule has 1 fully saturated rings. The van der Waals surface area contributed by atoms with Crippen molar-refractivity contribution in [2.45, 2.75) is 38.5 Å². The summed E-state index contributed by atoms with van der Waals surface area (Å²) in [6.45, 7) is 1.92. The molecule has 1 unspecified atom stereocenters. The third-order valence-corrected chi connectivity index (χ3v) is 3.14. The second kappa shape index (κ2) is 7.29. The van der Waals surface area contributed by atoms with Crippen molar-refractivity contribution in [2.75, 3.05) is 19.7 Å². The number of nitrogens with zero attached hydrogens (tertiary/aromatic N) is 1. The molecule has 1 heterocycles.